The van der Waals surface area contributed by atoms with E-state index in [2.05, 4.69) is 79.3 Å². The summed E-state index contributed by atoms with van der Waals surface area (Å²) in [5.41, 5.74) is 5.93. The highest BCUT2D eigenvalue weighted by Crippen LogP contribution is 2.23. The normalized spacial score (nSPS) is 10.9. The van der Waals surface area contributed by atoms with Crippen LogP contribution < -0.4 is 0 Å². The molecule has 0 unspecified atom stereocenters. The Morgan fingerprint density at radius 2 is 1.14 bits per heavy atom. The summed E-state index contributed by atoms with van der Waals surface area (Å²) in [6.45, 7) is 6.40. The summed E-state index contributed by atoms with van der Waals surface area (Å²) in [7, 11) is 0. The first-order valence-electron chi connectivity index (χ1n) is 7.63. The van der Waals surface area contributed by atoms with Gasteiger partial charge in [-0.15, -0.1) is 0 Å². The third-order valence-electron chi connectivity index (χ3n) is 3.87. The first-order valence-corrected chi connectivity index (χ1v) is 7.63. The summed E-state index contributed by atoms with van der Waals surface area (Å²) in [6.07, 6.45) is 3.84. The second-order valence-electron chi connectivity index (χ2n) is 5.94. The Kier molecular flexibility index (Phi) is 4.01. The fraction of sp³-hybridized carbons (Fsp3) is 0.200. The molecule has 0 radical (unpaired) electrons. The summed E-state index contributed by atoms with van der Waals surface area (Å²) in [5.74, 6) is 1.23. The standard InChI is InChI=1S/C20H20N2/c1-14(2)19-12-21-20(22-13-19)18-10-8-17(9-11-18)16-6-4-15(3)5-7-16/h4-14H,1-3H3. The topological polar surface area (TPSA) is 25.8 Å². The molecule has 0 saturated heterocycles. The molecular formula is C20H20N2. The van der Waals surface area contributed by atoms with E-state index in [0.717, 1.165) is 11.4 Å². The van der Waals surface area contributed by atoms with Crippen LogP contribution in [0.1, 0.15) is 30.9 Å². The lowest BCUT2D eigenvalue weighted by molar-refractivity contribution is 0.847. The Hall–Kier alpha value is -2.48. The largest absolute Gasteiger partial charge is 0.236 e. The Morgan fingerprint density at radius 3 is 1.64 bits per heavy atom. The lowest BCUT2D eigenvalue weighted by Crippen LogP contribution is -1.94. The van der Waals surface area contributed by atoms with Crippen molar-refractivity contribution in [3.05, 3.63) is 72.1 Å². The Bertz CT molecular complexity index is 739. The maximum Gasteiger partial charge on any atom is 0.159 e. The van der Waals surface area contributed by atoms with Crippen molar-refractivity contribution in [1.29, 1.82) is 0 Å². The molecule has 110 valence electrons. The molecule has 2 nitrogen and oxygen atoms in total. The van der Waals surface area contributed by atoms with Gasteiger partial charge in [0.1, 0.15) is 0 Å². The number of hydrogen-bond acceptors (Lipinski definition) is 2. The maximum atomic E-state index is 4.47. The van der Waals surface area contributed by atoms with E-state index in [0.29, 0.717) is 5.92 Å². The zero-order valence-corrected chi connectivity index (χ0v) is 13.2. The van der Waals surface area contributed by atoms with Crippen molar-refractivity contribution in [2.24, 2.45) is 0 Å². The molecule has 1 heterocycles. The molecule has 22 heavy (non-hydrogen) atoms. The summed E-state index contributed by atoms with van der Waals surface area (Å²) < 4.78 is 0. The molecule has 0 fully saturated rings. The minimum atomic E-state index is 0.456. The van der Waals surface area contributed by atoms with Gasteiger partial charge in [0.15, 0.2) is 5.82 Å². The van der Waals surface area contributed by atoms with Gasteiger partial charge >= 0.3 is 0 Å². The molecule has 0 spiro atoms. The van der Waals surface area contributed by atoms with Crippen molar-refractivity contribution in [2.45, 2.75) is 26.7 Å². The van der Waals surface area contributed by atoms with E-state index in [4.69, 9.17) is 0 Å². The molecule has 0 aliphatic carbocycles. The van der Waals surface area contributed by atoms with Gasteiger partial charge in [0.25, 0.3) is 0 Å². The van der Waals surface area contributed by atoms with Crippen LogP contribution in [0.25, 0.3) is 22.5 Å². The molecule has 0 saturated carbocycles. The molecule has 2 aromatic carbocycles. The van der Waals surface area contributed by atoms with Gasteiger partial charge < -0.3 is 0 Å². The number of hydrogen-bond donors (Lipinski definition) is 0. The van der Waals surface area contributed by atoms with E-state index in [-0.39, 0.29) is 0 Å². The zero-order chi connectivity index (χ0) is 15.5. The van der Waals surface area contributed by atoms with Crippen LogP contribution in [0.2, 0.25) is 0 Å². The third kappa shape index (κ3) is 3.06. The number of benzene rings is 2. The third-order valence-corrected chi connectivity index (χ3v) is 3.87. The van der Waals surface area contributed by atoms with Crippen molar-refractivity contribution in [1.82, 2.24) is 9.97 Å². The van der Waals surface area contributed by atoms with Gasteiger partial charge in [0, 0.05) is 18.0 Å². The lowest BCUT2D eigenvalue weighted by Gasteiger charge is -2.06. The fourth-order valence-electron chi connectivity index (χ4n) is 2.34. The average Bonchev–Trinajstić information content (AvgIpc) is 2.56. The number of aromatic nitrogens is 2. The molecular weight excluding hydrogens is 268 g/mol. The van der Waals surface area contributed by atoms with Crippen LogP contribution in [-0.4, -0.2) is 9.97 Å². The highest BCUT2D eigenvalue weighted by molar-refractivity contribution is 5.67. The van der Waals surface area contributed by atoms with Crippen LogP contribution in [0.4, 0.5) is 0 Å². The van der Waals surface area contributed by atoms with Crippen molar-refractivity contribution in [3.63, 3.8) is 0 Å². The van der Waals surface area contributed by atoms with Crippen molar-refractivity contribution in [3.8, 4) is 22.5 Å². The van der Waals surface area contributed by atoms with E-state index in [1.54, 1.807) is 0 Å². The highest BCUT2D eigenvalue weighted by Gasteiger charge is 2.04. The fourth-order valence-corrected chi connectivity index (χ4v) is 2.34. The van der Waals surface area contributed by atoms with E-state index in [9.17, 15) is 0 Å². The van der Waals surface area contributed by atoms with Gasteiger partial charge in [-0.2, -0.15) is 0 Å². The van der Waals surface area contributed by atoms with Gasteiger partial charge in [-0.05, 0) is 29.5 Å². The SMILES string of the molecule is Cc1ccc(-c2ccc(-c3ncc(C(C)C)cn3)cc2)cc1. The Morgan fingerprint density at radius 1 is 0.682 bits per heavy atom. The number of aryl methyl sites for hydroxylation is 1. The van der Waals surface area contributed by atoms with Crippen LogP contribution in [0, 0.1) is 6.92 Å². The summed E-state index contributed by atoms with van der Waals surface area (Å²) in [4.78, 5) is 8.95. The molecule has 2 heteroatoms. The smallest absolute Gasteiger partial charge is 0.159 e. The van der Waals surface area contributed by atoms with Crippen LogP contribution in [-0.2, 0) is 0 Å². The van der Waals surface area contributed by atoms with Crippen LogP contribution in [0.15, 0.2) is 60.9 Å². The zero-order valence-electron chi connectivity index (χ0n) is 13.2. The highest BCUT2D eigenvalue weighted by atomic mass is 14.9. The predicted octanol–water partition coefficient (Wildman–Crippen LogP) is 5.24. The molecule has 0 aliphatic rings. The predicted molar refractivity (Wildman–Crippen MR) is 91.7 cm³/mol. The molecule has 0 atom stereocenters. The quantitative estimate of drug-likeness (QED) is 0.658. The van der Waals surface area contributed by atoms with Crippen molar-refractivity contribution >= 4 is 0 Å². The van der Waals surface area contributed by atoms with E-state index < -0.39 is 0 Å². The first kappa shape index (κ1) is 14.5. The first-order chi connectivity index (χ1) is 10.6. The second kappa shape index (κ2) is 6.10. The van der Waals surface area contributed by atoms with Gasteiger partial charge in [-0.3, -0.25) is 0 Å². The second-order valence-corrected chi connectivity index (χ2v) is 5.94. The Balaban J connectivity index is 1.86. The van der Waals surface area contributed by atoms with E-state index in [1.165, 1.54) is 22.3 Å². The van der Waals surface area contributed by atoms with Crippen LogP contribution >= 0.6 is 0 Å². The minimum Gasteiger partial charge on any atom is -0.236 e. The molecule has 3 rings (SSSR count). The number of nitrogens with zero attached hydrogens (tertiary/aromatic N) is 2. The molecule has 0 amide bonds. The van der Waals surface area contributed by atoms with Gasteiger partial charge in [0.05, 0.1) is 0 Å². The van der Waals surface area contributed by atoms with Gasteiger partial charge in [0.2, 0.25) is 0 Å². The van der Waals surface area contributed by atoms with Crippen LogP contribution in [0.5, 0.6) is 0 Å². The molecule has 1 aromatic heterocycles. The molecule has 3 aromatic rings. The van der Waals surface area contributed by atoms with Crippen LogP contribution in [0.3, 0.4) is 0 Å². The van der Waals surface area contributed by atoms with Crippen molar-refractivity contribution in [2.75, 3.05) is 0 Å². The molecule has 0 N–H and O–H groups in total. The summed E-state index contributed by atoms with van der Waals surface area (Å²) in [5, 5.41) is 0. The lowest BCUT2D eigenvalue weighted by atomic mass is 10.0. The minimum absolute atomic E-state index is 0.456. The van der Waals surface area contributed by atoms with Gasteiger partial charge in [-0.25, -0.2) is 9.97 Å². The average molecular weight is 288 g/mol. The van der Waals surface area contributed by atoms with Gasteiger partial charge in [-0.1, -0.05) is 67.9 Å². The monoisotopic (exact) mass is 288 g/mol. The summed E-state index contributed by atoms with van der Waals surface area (Å²) in [6, 6.07) is 17.0. The van der Waals surface area contributed by atoms with E-state index in [1.807, 2.05) is 12.4 Å². The Labute approximate surface area is 131 Å². The number of rotatable bonds is 3. The maximum absolute atomic E-state index is 4.47. The molecule has 0 aliphatic heterocycles. The van der Waals surface area contributed by atoms with Crippen molar-refractivity contribution < 1.29 is 0 Å². The van der Waals surface area contributed by atoms with E-state index >= 15 is 0 Å². The summed E-state index contributed by atoms with van der Waals surface area (Å²) >= 11 is 0. The molecule has 0 bridgehead atoms.